The zero-order valence-electron chi connectivity index (χ0n) is 37.4. The molecule has 13 aromatic rings. The van der Waals surface area contributed by atoms with Gasteiger partial charge in [0.15, 0.2) is 23.2 Å². The fourth-order valence-corrected chi connectivity index (χ4v) is 11.5. The van der Waals surface area contributed by atoms with Gasteiger partial charge in [0.05, 0.1) is 50.1 Å². The standard InChI is InChI=1S/C62H37N7O/c1-3-17-38(18-4-1)59-65-60(39-19-5-2-6-20-39)67-61(66-59)44-24-13-25-48-57(44)70-58-49(62(48)46-27-15-35-63-55(46)56-47(62)28-16-36-64-56)26-14-32-54(58)69-52-31-12-9-23-43(52)45-37-40(33-34-53(45)69)68-50-29-10-7-21-41(50)42-22-8-11-30-51(42)68/h1-37H. The molecule has 6 heterocycles. The highest BCUT2D eigenvalue weighted by Gasteiger charge is 2.53. The molecule has 0 saturated heterocycles. The molecule has 0 bridgehead atoms. The van der Waals surface area contributed by atoms with Crippen LogP contribution in [0.25, 0.3) is 101 Å². The first-order valence-corrected chi connectivity index (χ1v) is 23.5. The largest absolute Gasteiger partial charge is 0.454 e. The molecule has 5 aromatic heterocycles. The van der Waals surface area contributed by atoms with E-state index in [-0.39, 0.29) is 0 Å². The average molecular weight is 896 g/mol. The van der Waals surface area contributed by atoms with E-state index in [0.29, 0.717) is 23.2 Å². The van der Waals surface area contributed by atoms with Crippen molar-refractivity contribution < 1.29 is 4.74 Å². The zero-order chi connectivity index (χ0) is 45.9. The van der Waals surface area contributed by atoms with Crippen LogP contribution in [0.15, 0.2) is 225 Å². The number of hydrogen-bond acceptors (Lipinski definition) is 6. The number of fused-ring (bicyclic) bond motifs is 15. The Bertz CT molecular complexity index is 4130. The monoisotopic (exact) mass is 895 g/mol. The SMILES string of the molecule is c1ccc(-c2nc(-c3ccccc3)nc(-c3cccc4c3Oc3c(-n5c6ccccc6c6cc(-n7c8ccccc8c8ccccc87)ccc65)cccc3C43c4cccnc4-c4ncccc43)n2)cc1. The Hall–Kier alpha value is -9.53. The van der Waals surface area contributed by atoms with Crippen LogP contribution >= 0.6 is 0 Å². The maximum atomic E-state index is 7.64. The fourth-order valence-electron chi connectivity index (χ4n) is 11.5. The normalized spacial score (nSPS) is 13.1. The average Bonchev–Trinajstić information content (AvgIpc) is 4.05. The van der Waals surface area contributed by atoms with Gasteiger partial charge in [-0.25, -0.2) is 15.0 Å². The molecule has 0 unspecified atom stereocenters. The van der Waals surface area contributed by atoms with Crippen LogP contribution in [0.2, 0.25) is 0 Å². The maximum Gasteiger partial charge on any atom is 0.167 e. The lowest BCUT2D eigenvalue weighted by Crippen LogP contribution is -2.33. The van der Waals surface area contributed by atoms with Crippen LogP contribution in [0.1, 0.15) is 22.3 Å². The summed E-state index contributed by atoms with van der Waals surface area (Å²) in [5.74, 6) is 3.04. The minimum atomic E-state index is -0.873. The van der Waals surface area contributed by atoms with Crippen LogP contribution in [-0.2, 0) is 5.41 Å². The smallest absolute Gasteiger partial charge is 0.167 e. The third-order valence-corrected chi connectivity index (χ3v) is 14.3. The first kappa shape index (κ1) is 38.6. The molecule has 1 spiro atoms. The first-order valence-electron chi connectivity index (χ1n) is 23.5. The molecule has 0 radical (unpaired) electrons. The summed E-state index contributed by atoms with van der Waals surface area (Å²) in [5.41, 5.74) is 13.8. The Labute approximate surface area is 401 Å². The highest BCUT2D eigenvalue weighted by Crippen LogP contribution is 2.63. The van der Waals surface area contributed by atoms with E-state index < -0.39 is 5.41 Å². The summed E-state index contributed by atoms with van der Waals surface area (Å²) < 4.78 is 12.4. The number of aromatic nitrogens is 7. The third-order valence-electron chi connectivity index (χ3n) is 14.3. The Morgan fingerprint density at radius 1 is 0.357 bits per heavy atom. The van der Waals surface area contributed by atoms with Gasteiger partial charge in [-0.05, 0) is 71.8 Å². The molecule has 15 rings (SSSR count). The van der Waals surface area contributed by atoms with E-state index in [0.717, 1.165) is 89.3 Å². The molecular formula is C62H37N7O. The summed E-state index contributed by atoms with van der Waals surface area (Å²) in [6.07, 6.45) is 3.72. The van der Waals surface area contributed by atoms with Crippen molar-refractivity contribution >= 4 is 43.6 Å². The van der Waals surface area contributed by atoms with E-state index in [1.807, 2.05) is 85.2 Å². The number of para-hydroxylation sites is 5. The molecular weight excluding hydrogens is 859 g/mol. The lowest BCUT2D eigenvalue weighted by molar-refractivity contribution is 0.436. The predicted octanol–water partition coefficient (Wildman–Crippen LogP) is 14.3. The minimum Gasteiger partial charge on any atom is -0.454 e. The summed E-state index contributed by atoms with van der Waals surface area (Å²) in [4.78, 5) is 25.6. The summed E-state index contributed by atoms with van der Waals surface area (Å²) >= 11 is 0. The van der Waals surface area contributed by atoms with Crippen LogP contribution in [0.4, 0.5) is 0 Å². The summed E-state index contributed by atoms with van der Waals surface area (Å²) in [6.45, 7) is 0. The lowest BCUT2D eigenvalue weighted by atomic mass is 9.66. The molecule has 0 N–H and O–H groups in total. The van der Waals surface area contributed by atoms with Gasteiger partial charge in [0, 0.05) is 61.9 Å². The molecule has 2 aliphatic rings. The van der Waals surface area contributed by atoms with Gasteiger partial charge in [-0.15, -0.1) is 0 Å². The van der Waals surface area contributed by atoms with E-state index in [2.05, 4.69) is 149 Å². The summed E-state index contributed by atoms with van der Waals surface area (Å²) in [6, 6.07) is 74.4. The van der Waals surface area contributed by atoms with Crippen LogP contribution in [0.5, 0.6) is 11.5 Å². The number of pyridine rings is 2. The van der Waals surface area contributed by atoms with Gasteiger partial charge in [-0.1, -0.05) is 152 Å². The predicted molar refractivity (Wildman–Crippen MR) is 278 cm³/mol. The number of ether oxygens (including phenoxy) is 1. The number of nitrogens with zero attached hydrogens (tertiary/aromatic N) is 7. The van der Waals surface area contributed by atoms with Crippen LogP contribution in [0, 0.1) is 0 Å². The Kier molecular flexibility index (Phi) is 8.12. The fraction of sp³-hybridized carbons (Fsp3) is 0.0161. The molecule has 0 saturated carbocycles. The number of hydrogen-bond donors (Lipinski definition) is 0. The van der Waals surface area contributed by atoms with Gasteiger partial charge in [0.25, 0.3) is 0 Å². The van der Waals surface area contributed by atoms with Gasteiger partial charge in [0.1, 0.15) is 5.75 Å². The van der Waals surface area contributed by atoms with E-state index in [1.165, 1.54) is 21.8 Å². The van der Waals surface area contributed by atoms with Crippen molar-refractivity contribution in [3.8, 4) is 68.4 Å². The minimum absolute atomic E-state index is 0.505. The van der Waals surface area contributed by atoms with Crippen molar-refractivity contribution in [1.29, 1.82) is 0 Å². The molecule has 326 valence electrons. The van der Waals surface area contributed by atoms with Gasteiger partial charge in [-0.2, -0.15) is 0 Å². The molecule has 8 heteroatoms. The zero-order valence-corrected chi connectivity index (χ0v) is 37.4. The molecule has 1 aliphatic heterocycles. The molecule has 0 atom stereocenters. The van der Waals surface area contributed by atoms with Crippen molar-refractivity contribution in [3.05, 3.63) is 247 Å². The van der Waals surface area contributed by atoms with E-state index in [4.69, 9.17) is 29.7 Å². The molecule has 8 nitrogen and oxygen atoms in total. The maximum absolute atomic E-state index is 7.64. The quantitative estimate of drug-likeness (QED) is 0.171. The first-order chi connectivity index (χ1) is 34.7. The highest BCUT2D eigenvalue weighted by atomic mass is 16.5. The Balaban J connectivity index is 1.01. The van der Waals surface area contributed by atoms with Gasteiger partial charge >= 0.3 is 0 Å². The van der Waals surface area contributed by atoms with Gasteiger partial charge in [-0.3, -0.25) is 9.97 Å². The van der Waals surface area contributed by atoms with Crippen LogP contribution in [-0.4, -0.2) is 34.1 Å². The molecule has 0 fully saturated rings. The van der Waals surface area contributed by atoms with E-state index in [1.54, 1.807) is 0 Å². The Morgan fingerprint density at radius 3 is 1.46 bits per heavy atom. The van der Waals surface area contributed by atoms with Crippen molar-refractivity contribution in [3.63, 3.8) is 0 Å². The second kappa shape index (κ2) is 14.7. The molecule has 70 heavy (non-hydrogen) atoms. The number of benzene rings is 8. The van der Waals surface area contributed by atoms with Crippen LogP contribution < -0.4 is 4.74 Å². The van der Waals surface area contributed by atoms with Crippen molar-refractivity contribution in [2.75, 3.05) is 0 Å². The van der Waals surface area contributed by atoms with E-state index in [9.17, 15) is 0 Å². The summed E-state index contributed by atoms with van der Waals surface area (Å²) in [7, 11) is 0. The second-order valence-electron chi connectivity index (χ2n) is 17.9. The van der Waals surface area contributed by atoms with E-state index >= 15 is 0 Å². The van der Waals surface area contributed by atoms with Crippen molar-refractivity contribution in [2.24, 2.45) is 0 Å². The number of rotatable bonds is 5. The summed E-state index contributed by atoms with van der Waals surface area (Å²) in [5, 5.41) is 4.73. The lowest BCUT2D eigenvalue weighted by Gasteiger charge is -2.40. The van der Waals surface area contributed by atoms with Crippen molar-refractivity contribution in [1.82, 2.24) is 34.1 Å². The topological polar surface area (TPSA) is 83.5 Å². The van der Waals surface area contributed by atoms with Gasteiger partial charge < -0.3 is 13.9 Å². The third kappa shape index (κ3) is 5.32. The van der Waals surface area contributed by atoms with Gasteiger partial charge in [0.2, 0.25) is 0 Å². The van der Waals surface area contributed by atoms with Crippen LogP contribution in [0.3, 0.4) is 0 Å². The molecule has 1 aliphatic carbocycles. The second-order valence-corrected chi connectivity index (χ2v) is 17.9. The highest BCUT2D eigenvalue weighted by molar-refractivity contribution is 6.12. The van der Waals surface area contributed by atoms with Crippen molar-refractivity contribution in [2.45, 2.75) is 5.41 Å². The molecule has 0 amide bonds. The Morgan fingerprint density at radius 2 is 0.843 bits per heavy atom. The molecule has 8 aromatic carbocycles.